The predicted molar refractivity (Wildman–Crippen MR) is 99.4 cm³/mol. The van der Waals surface area contributed by atoms with E-state index in [1.54, 1.807) is 0 Å². The minimum atomic E-state index is -0.775. The van der Waals surface area contributed by atoms with Gasteiger partial charge in [0, 0.05) is 12.6 Å². The molecule has 1 heterocycles. The number of carbonyl (C=O) groups is 3. The molecule has 0 N–H and O–H groups in total. The van der Waals surface area contributed by atoms with Gasteiger partial charge in [0.1, 0.15) is 11.3 Å². The topological polar surface area (TPSA) is 107 Å². The van der Waals surface area contributed by atoms with Crippen LogP contribution in [0.4, 0.5) is 5.69 Å². The molecule has 0 bridgehead atoms. The molecule has 2 amide bonds. The van der Waals surface area contributed by atoms with Crippen molar-refractivity contribution >= 4 is 23.5 Å². The second-order valence-corrected chi connectivity index (χ2v) is 6.60. The van der Waals surface area contributed by atoms with Crippen molar-refractivity contribution in [2.24, 2.45) is 0 Å². The first-order valence-electron chi connectivity index (χ1n) is 8.63. The molecule has 144 valence electrons. The Morgan fingerprint density at radius 1 is 1.07 bits per heavy atom. The zero-order chi connectivity index (χ0) is 20.6. The molecule has 2 aromatic rings. The lowest BCUT2D eigenvalue weighted by atomic mass is 10.1. The van der Waals surface area contributed by atoms with E-state index in [2.05, 4.69) is 0 Å². The second-order valence-electron chi connectivity index (χ2n) is 6.60. The maximum atomic E-state index is 12.5. The number of hydrogen-bond donors (Lipinski definition) is 0. The van der Waals surface area contributed by atoms with Gasteiger partial charge in [-0.3, -0.25) is 29.4 Å². The molecule has 1 aliphatic heterocycles. The van der Waals surface area contributed by atoms with Crippen LogP contribution in [-0.2, 0) is 4.79 Å². The van der Waals surface area contributed by atoms with Gasteiger partial charge in [0.2, 0.25) is 0 Å². The monoisotopic (exact) mass is 382 g/mol. The van der Waals surface area contributed by atoms with Gasteiger partial charge in [-0.1, -0.05) is 18.2 Å². The normalized spacial score (nSPS) is 12.9. The summed E-state index contributed by atoms with van der Waals surface area (Å²) >= 11 is 0. The van der Waals surface area contributed by atoms with Gasteiger partial charge in [0.15, 0.2) is 0 Å². The highest BCUT2D eigenvalue weighted by molar-refractivity contribution is 6.23. The number of aryl methyl sites for hydroxylation is 2. The van der Waals surface area contributed by atoms with Crippen LogP contribution in [0.15, 0.2) is 30.3 Å². The van der Waals surface area contributed by atoms with Crippen molar-refractivity contribution in [3.05, 3.63) is 68.3 Å². The number of nitrogens with zero attached hydrogens (tertiary/aromatic N) is 2. The molecule has 28 heavy (non-hydrogen) atoms. The first kappa shape index (κ1) is 19.2. The van der Waals surface area contributed by atoms with Gasteiger partial charge in [-0.2, -0.15) is 0 Å². The molecule has 0 unspecified atom stereocenters. The summed E-state index contributed by atoms with van der Waals surface area (Å²) in [6.45, 7) is 5.34. The summed E-state index contributed by atoms with van der Waals surface area (Å²) < 4.78 is 5.43. The van der Waals surface area contributed by atoms with Crippen LogP contribution in [0.2, 0.25) is 0 Å². The molecule has 1 aliphatic rings. The number of fused-ring (bicyclic) bond motifs is 1. The van der Waals surface area contributed by atoms with Crippen molar-refractivity contribution in [1.82, 2.24) is 4.90 Å². The first-order chi connectivity index (χ1) is 13.2. The van der Waals surface area contributed by atoms with Crippen molar-refractivity contribution in [1.29, 1.82) is 0 Å². The van der Waals surface area contributed by atoms with E-state index in [9.17, 15) is 24.5 Å². The predicted octanol–water partition coefficient (Wildman–Crippen LogP) is 3.11. The van der Waals surface area contributed by atoms with Gasteiger partial charge in [-0.15, -0.1) is 0 Å². The molecule has 0 aromatic heterocycles. The largest absolute Gasteiger partial charge is 0.426 e. The number of esters is 1. The SMILES string of the molecule is Cc1ccc(C)c(OC(=O)CCN2C(=O)c3cccc([N+](=O)[O-])c3C2=O)c1C. The fraction of sp³-hybridized carbons (Fsp3) is 0.250. The average Bonchev–Trinajstić information content (AvgIpc) is 2.91. The molecular weight excluding hydrogens is 364 g/mol. The fourth-order valence-corrected chi connectivity index (χ4v) is 3.12. The van der Waals surface area contributed by atoms with Crippen molar-refractivity contribution in [3.8, 4) is 5.75 Å². The highest BCUT2D eigenvalue weighted by Crippen LogP contribution is 2.31. The fourth-order valence-electron chi connectivity index (χ4n) is 3.12. The van der Waals surface area contributed by atoms with E-state index < -0.39 is 28.4 Å². The Bertz CT molecular complexity index is 1030. The minimum absolute atomic E-state index is 0.0297. The third-order valence-corrected chi connectivity index (χ3v) is 4.80. The molecule has 0 fully saturated rings. The number of carbonyl (C=O) groups excluding carboxylic acids is 3. The number of ether oxygens (including phenoxy) is 1. The lowest BCUT2D eigenvalue weighted by Crippen LogP contribution is -2.32. The Kier molecular flexibility index (Phi) is 4.96. The van der Waals surface area contributed by atoms with Gasteiger partial charge in [0.25, 0.3) is 17.5 Å². The molecule has 0 spiro atoms. The van der Waals surface area contributed by atoms with Gasteiger partial charge in [-0.25, -0.2) is 0 Å². The summed E-state index contributed by atoms with van der Waals surface area (Å²) in [5, 5.41) is 11.1. The second kappa shape index (κ2) is 7.22. The van der Waals surface area contributed by atoms with Crippen LogP contribution < -0.4 is 4.74 Å². The van der Waals surface area contributed by atoms with Crippen LogP contribution in [0.1, 0.15) is 43.8 Å². The molecule has 8 heteroatoms. The lowest BCUT2D eigenvalue weighted by Gasteiger charge is -2.15. The average molecular weight is 382 g/mol. The molecule has 0 saturated carbocycles. The Morgan fingerprint density at radius 3 is 2.43 bits per heavy atom. The Balaban J connectivity index is 1.74. The van der Waals surface area contributed by atoms with Gasteiger partial charge < -0.3 is 4.74 Å². The lowest BCUT2D eigenvalue weighted by molar-refractivity contribution is -0.385. The maximum Gasteiger partial charge on any atom is 0.313 e. The van der Waals surface area contributed by atoms with Gasteiger partial charge in [0.05, 0.1) is 16.9 Å². The molecule has 0 radical (unpaired) electrons. The summed E-state index contributed by atoms with van der Waals surface area (Å²) in [5.41, 5.74) is 1.92. The van der Waals surface area contributed by atoms with E-state index in [0.717, 1.165) is 21.6 Å². The van der Waals surface area contributed by atoms with Crippen LogP contribution in [0.25, 0.3) is 0 Å². The third kappa shape index (κ3) is 3.24. The van der Waals surface area contributed by atoms with E-state index >= 15 is 0 Å². The molecule has 0 saturated heterocycles. The zero-order valence-corrected chi connectivity index (χ0v) is 15.6. The van der Waals surface area contributed by atoms with Crippen LogP contribution >= 0.6 is 0 Å². The number of imide groups is 1. The van der Waals surface area contributed by atoms with E-state index in [1.807, 2.05) is 32.9 Å². The molecular formula is C20H18N2O6. The van der Waals surface area contributed by atoms with Gasteiger partial charge in [-0.05, 0) is 43.5 Å². The van der Waals surface area contributed by atoms with E-state index in [-0.39, 0.29) is 24.1 Å². The minimum Gasteiger partial charge on any atom is -0.426 e. The van der Waals surface area contributed by atoms with Crippen LogP contribution in [0.3, 0.4) is 0 Å². The van der Waals surface area contributed by atoms with Crippen LogP contribution in [-0.4, -0.2) is 34.2 Å². The number of nitro benzene ring substituents is 1. The highest BCUT2D eigenvalue weighted by Gasteiger charge is 2.40. The number of benzene rings is 2. The maximum absolute atomic E-state index is 12.5. The quantitative estimate of drug-likeness (QED) is 0.259. The molecule has 2 aromatic carbocycles. The number of nitro groups is 1. The smallest absolute Gasteiger partial charge is 0.313 e. The number of hydrogen-bond acceptors (Lipinski definition) is 6. The summed E-state index contributed by atoms with van der Waals surface area (Å²) in [5.74, 6) is -1.56. The standard InChI is InChI=1S/C20H18N2O6/c1-11-7-8-12(2)18(13(11)3)28-16(23)9-10-21-19(24)14-5-4-6-15(22(26)27)17(14)20(21)25/h4-8H,9-10H2,1-3H3. The van der Waals surface area contributed by atoms with E-state index in [0.29, 0.717) is 5.75 Å². The van der Waals surface area contributed by atoms with Crippen molar-refractivity contribution in [2.45, 2.75) is 27.2 Å². The number of amides is 2. The van der Waals surface area contributed by atoms with Crippen molar-refractivity contribution < 1.29 is 24.0 Å². The first-order valence-corrected chi connectivity index (χ1v) is 8.63. The van der Waals surface area contributed by atoms with Crippen molar-refractivity contribution in [2.75, 3.05) is 6.54 Å². The van der Waals surface area contributed by atoms with E-state index in [1.165, 1.54) is 18.2 Å². The Hall–Kier alpha value is -3.55. The molecule has 8 nitrogen and oxygen atoms in total. The zero-order valence-electron chi connectivity index (χ0n) is 15.6. The summed E-state index contributed by atoms with van der Waals surface area (Å²) in [6.07, 6.45) is -0.216. The van der Waals surface area contributed by atoms with Gasteiger partial charge >= 0.3 is 5.97 Å². The summed E-state index contributed by atoms with van der Waals surface area (Å²) in [6, 6.07) is 7.65. The molecule has 0 aliphatic carbocycles. The Morgan fingerprint density at radius 2 is 1.75 bits per heavy atom. The summed E-state index contributed by atoms with van der Waals surface area (Å²) in [7, 11) is 0. The van der Waals surface area contributed by atoms with Crippen LogP contribution in [0.5, 0.6) is 5.75 Å². The number of rotatable bonds is 5. The summed E-state index contributed by atoms with van der Waals surface area (Å²) in [4.78, 5) is 48.5. The van der Waals surface area contributed by atoms with Crippen molar-refractivity contribution in [3.63, 3.8) is 0 Å². The highest BCUT2D eigenvalue weighted by atomic mass is 16.6. The van der Waals surface area contributed by atoms with Crippen LogP contribution in [0, 0.1) is 30.9 Å². The molecule has 3 rings (SSSR count). The van der Waals surface area contributed by atoms with E-state index in [4.69, 9.17) is 4.74 Å². The Labute approximate surface area is 160 Å². The third-order valence-electron chi connectivity index (χ3n) is 4.80. The molecule has 0 atom stereocenters.